The molecule has 0 aliphatic heterocycles. The molecule has 0 spiro atoms. The van der Waals surface area contributed by atoms with E-state index in [2.05, 4.69) is 36.9 Å². The Morgan fingerprint density at radius 3 is 2.54 bits per heavy atom. The van der Waals surface area contributed by atoms with Crippen LogP contribution in [0, 0.1) is 0 Å². The Bertz CT molecular complexity index is 747. The van der Waals surface area contributed by atoms with Crippen LogP contribution in [0.2, 0.25) is 0 Å². The smallest absolute Gasteiger partial charge is 0.226 e. The molecule has 2 rings (SSSR count). The van der Waals surface area contributed by atoms with E-state index in [9.17, 15) is 4.79 Å². The van der Waals surface area contributed by atoms with Crippen molar-refractivity contribution in [3.8, 4) is 5.75 Å². The minimum atomic E-state index is -0.0556. The van der Waals surface area contributed by atoms with Gasteiger partial charge >= 0.3 is 0 Å². The van der Waals surface area contributed by atoms with Crippen molar-refractivity contribution in [2.45, 2.75) is 13.0 Å². The Morgan fingerprint density at radius 1 is 1.12 bits per heavy atom. The summed E-state index contributed by atoms with van der Waals surface area (Å²) in [5.41, 5.74) is 1.81. The number of halogens is 1. The fourth-order valence-electron chi connectivity index (χ4n) is 2.30. The van der Waals surface area contributed by atoms with Crippen LogP contribution in [0.25, 0.3) is 0 Å². The summed E-state index contributed by atoms with van der Waals surface area (Å²) >= 11 is 3.37. The second kappa shape index (κ2) is 10.5. The monoisotopic (exact) mass is 418 g/mol. The Kier molecular flexibility index (Phi) is 7.95. The molecule has 0 heterocycles. The number of nitrogens with zero attached hydrogens (tertiary/aromatic N) is 1. The predicted octanol–water partition coefficient (Wildman–Crippen LogP) is 3.15. The van der Waals surface area contributed by atoms with E-state index in [-0.39, 0.29) is 5.91 Å². The average molecular weight is 419 g/mol. The molecule has 0 radical (unpaired) electrons. The Morgan fingerprint density at radius 2 is 1.85 bits per heavy atom. The van der Waals surface area contributed by atoms with Gasteiger partial charge in [-0.15, -0.1) is 0 Å². The summed E-state index contributed by atoms with van der Waals surface area (Å²) in [6.07, 6.45) is 0.339. The molecule has 0 aromatic heterocycles. The molecule has 0 atom stereocenters. The number of methoxy groups -OCH3 is 1. The number of amides is 1. The van der Waals surface area contributed by atoms with E-state index in [0.29, 0.717) is 25.5 Å². The molecule has 0 unspecified atom stereocenters. The van der Waals surface area contributed by atoms with Gasteiger partial charge in [-0.05, 0) is 30.3 Å². The van der Waals surface area contributed by atoms with E-state index in [0.717, 1.165) is 21.5 Å². The standard InChI is InChI=1S/C19H23BrN4O2/c1-21-19(23-13-14-5-3-4-6-17(14)26-2)22-12-11-18(25)24-16-9-7-15(20)8-10-16/h3-10H,11-13H2,1-2H3,(H,24,25)(H2,21,22,23). The van der Waals surface area contributed by atoms with Crippen LogP contribution in [0.15, 0.2) is 58.0 Å². The summed E-state index contributed by atoms with van der Waals surface area (Å²) < 4.78 is 6.31. The maximum atomic E-state index is 12.0. The largest absolute Gasteiger partial charge is 0.496 e. The highest BCUT2D eigenvalue weighted by Crippen LogP contribution is 2.16. The van der Waals surface area contributed by atoms with Crippen molar-refractivity contribution >= 4 is 33.5 Å². The zero-order chi connectivity index (χ0) is 18.8. The topological polar surface area (TPSA) is 74.8 Å². The Labute approximate surface area is 162 Å². The van der Waals surface area contributed by atoms with Gasteiger partial charge in [0.15, 0.2) is 5.96 Å². The van der Waals surface area contributed by atoms with Crippen molar-refractivity contribution in [2.24, 2.45) is 4.99 Å². The third-order valence-electron chi connectivity index (χ3n) is 3.63. The molecule has 138 valence electrons. The van der Waals surface area contributed by atoms with Crippen LogP contribution < -0.4 is 20.7 Å². The number of para-hydroxylation sites is 1. The van der Waals surface area contributed by atoms with Gasteiger partial charge in [0.25, 0.3) is 0 Å². The van der Waals surface area contributed by atoms with Crippen LogP contribution in [-0.4, -0.2) is 32.6 Å². The molecule has 0 saturated heterocycles. The number of benzene rings is 2. The number of guanidine groups is 1. The fourth-order valence-corrected chi connectivity index (χ4v) is 2.56. The normalized spacial score (nSPS) is 11.0. The van der Waals surface area contributed by atoms with Crippen LogP contribution >= 0.6 is 15.9 Å². The molecular weight excluding hydrogens is 396 g/mol. The number of hydrogen-bond donors (Lipinski definition) is 3. The number of rotatable bonds is 7. The molecule has 0 bridgehead atoms. The summed E-state index contributed by atoms with van der Waals surface area (Å²) in [6, 6.07) is 15.3. The van der Waals surface area contributed by atoms with Crippen molar-refractivity contribution in [1.82, 2.24) is 10.6 Å². The van der Waals surface area contributed by atoms with Crippen molar-refractivity contribution in [3.05, 3.63) is 58.6 Å². The average Bonchev–Trinajstić information content (AvgIpc) is 2.66. The van der Waals surface area contributed by atoms with Gasteiger partial charge in [0.1, 0.15) is 5.75 Å². The highest BCUT2D eigenvalue weighted by atomic mass is 79.9. The third kappa shape index (κ3) is 6.40. The third-order valence-corrected chi connectivity index (χ3v) is 4.16. The van der Waals surface area contributed by atoms with E-state index in [4.69, 9.17) is 4.74 Å². The molecule has 0 saturated carbocycles. The first-order chi connectivity index (χ1) is 12.6. The number of anilines is 1. The van der Waals surface area contributed by atoms with E-state index < -0.39 is 0 Å². The van der Waals surface area contributed by atoms with E-state index in [1.54, 1.807) is 14.2 Å². The van der Waals surface area contributed by atoms with Crippen LogP contribution in [-0.2, 0) is 11.3 Å². The van der Waals surface area contributed by atoms with E-state index in [1.807, 2.05) is 48.5 Å². The second-order valence-corrected chi connectivity index (χ2v) is 6.39. The SMILES string of the molecule is CN=C(NCCC(=O)Nc1ccc(Br)cc1)NCc1ccccc1OC. The van der Waals surface area contributed by atoms with Gasteiger partial charge in [-0.3, -0.25) is 9.79 Å². The first-order valence-corrected chi connectivity index (χ1v) is 9.03. The van der Waals surface area contributed by atoms with Crippen LogP contribution in [0.1, 0.15) is 12.0 Å². The molecule has 0 aliphatic rings. The molecule has 3 N–H and O–H groups in total. The molecule has 2 aromatic carbocycles. The van der Waals surface area contributed by atoms with Gasteiger partial charge < -0.3 is 20.7 Å². The number of carbonyl (C=O) groups is 1. The summed E-state index contributed by atoms with van der Waals surface area (Å²) in [5, 5.41) is 9.20. The molecule has 7 heteroatoms. The molecular formula is C19H23BrN4O2. The van der Waals surface area contributed by atoms with Crippen molar-refractivity contribution in [1.29, 1.82) is 0 Å². The maximum Gasteiger partial charge on any atom is 0.226 e. The highest BCUT2D eigenvalue weighted by Gasteiger charge is 2.05. The number of carbonyl (C=O) groups excluding carboxylic acids is 1. The lowest BCUT2D eigenvalue weighted by atomic mass is 10.2. The highest BCUT2D eigenvalue weighted by molar-refractivity contribution is 9.10. The van der Waals surface area contributed by atoms with Crippen molar-refractivity contribution < 1.29 is 9.53 Å². The van der Waals surface area contributed by atoms with Crippen LogP contribution in [0.4, 0.5) is 5.69 Å². The Balaban J connectivity index is 1.74. The fraction of sp³-hybridized carbons (Fsp3) is 0.263. The van der Waals surface area contributed by atoms with Gasteiger partial charge in [-0.1, -0.05) is 34.1 Å². The number of aliphatic imine (C=N–C) groups is 1. The van der Waals surface area contributed by atoms with Gasteiger partial charge in [0.2, 0.25) is 5.91 Å². The quantitative estimate of drug-likeness (QED) is 0.476. The van der Waals surface area contributed by atoms with Crippen molar-refractivity contribution in [2.75, 3.05) is 26.0 Å². The predicted molar refractivity (Wildman–Crippen MR) is 109 cm³/mol. The lowest BCUT2D eigenvalue weighted by molar-refractivity contribution is -0.116. The molecule has 26 heavy (non-hydrogen) atoms. The maximum absolute atomic E-state index is 12.0. The van der Waals surface area contributed by atoms with Gasteiger partial charge in [-0.25, -0.2) is 0 Å². The zero-order valence-electron chi connectivity index (χ0n) is 14.9. The van der Waals surface area contributed by atoms with Gasteiger partial charge in [-0.2, -0.15) is 0 Å². The first-order valence-electron chi connectivity index (χ1n) is 8.24. The lowest BCUT2D eigenvalue weighted by Crippen LogP contribution is -2.38. The van der Waals surface area contributed by atoms with E-state index >= 15 is 0 Å². The summed E-state index contributed by atoms with van der Waals surface area (Å²) in [7, 11) is 3.34. The summed E-state index contributed by atoms with van der Waals surface area (Å²) in [4.78, 5) is 16.2. The molecule has 0 fully saturated rings. The van der Waals surface area contributed by atoms with Crippen molar-refractivity contribution in [3.63, 3.8) is 0 Å². The number of hydrogen-bond acceptors (Lipinski definition) is 3. The summed E-state index contributed by atoms with van der Waals surface area (Å²) in [5.74, 6) is 1.40. The van der Waals surface area contributed by atoms with Gasteiger partial charge in [0.05, 0.1) is 7.11 Å². The molecule has 2 aromatic rings. The first kappa shape index (κ1) is 19.8. The molecule has 1 amide bonds. The molecule has 0 aliphatic carbocycles. The van der Waals surface area contributed by atoms with E-state index in [1.165, 1.54) is 0 Å². The second-order valence-electron chi connectivity index (χ2n) is 5.47. The minimum absolute atomic E-state index is 0.0556. The van der Waals surface area contributed by atoms with Gasteiger partial charge in [0, 0.05) is 42.3 Å². The number of nitrogens with one attached hydrogen (secondary N) is 3. The van der Waals surface area contributed by atoms with Crippen LogP contribution in [0.5, 0.6) is 5.75 Å². The minimum Gasteiger partial charge on any atom is -0.496 e. The van der Waals surface area contributed by atoms with Crippen LogP contribution in [0.3, 0.4) is 0 Å². The lowest BCUT2D eigenvalue weighted by Gasteiger charge is -2.13. The molecule has 6 nitrogen and oxygen atoms in total. The number of ether oxygens (including phenoxy) is 1. The summed E-state index contributed by atoms with van der Waals surface area (Å²) in [6.45, 7) is 1.06. The zero-order valence-corrected chi connectivity index (χ0v) is 16.5. The Hall–Kier alpha value is -2.54.